The lowest BCUT2D eigenvalue weighted by atomic mass is 10.2. The molecule has 4 nitrogen and oxygen atoms in total. The summed E-state index contributed by atoms with van der Waals surface area (Å²) in [7, 11) is 0. The van der Waals surface area contributed by atoms with Gasteiger partial charge in [-0.3, -0.25) is 14.9 Å². The minimum atomic E-state index is 0.552. The third-order valence-corrected chi connectivity index (χ3v) is 4.09. The lowest BCUT2D eigenvalue weighted by Crippen LogP contribution is -2.23. The van der Waals surface area contributed by atoms with Gasteiger partial charge in [0.15, 0.2) is 0 Å². The Bertz CT molecular complexity index is 760. The fraction of sp³-hybridized carbons (Fsp3) is 0.227. The largest absolute Gasteiger partial charge is 0.489 e. The Balaban J connectivity index is 1.56. The molecule has 0 fully saturated rings. The van der Waals surface area contributed by atoms with Gasteiger partial charge in [-0.25, -0.2) is 0 Å². The fourth-order valence-electron chi connectivity index (χ4n) is 2.78. The number of pyridine rings is 2. The molecule has 1 aromatic carbocycles. The van der Waals surface area contributed by atoms with E-state index in [9.17, 15) is 0 Å². The number of hydrogen-bond acceptors (Lipinski definition) is 4. The van der Waals surface area contributed by atoms with E-state index in [0.29, 0.717) is 6.61 Å². The first-order valence-corrected chi connectivity index (χ1v) is 8.84. The molecule has 0 aliphatic carbocycles. The predicted molar refractivity (Wildman–Crippen MR) is 103 cm³/mol. The Morgan fingerprint density at radius 2 is 1.58 bits per heavy atom. The molecule has 1 radical (unpaired) electrons. The van der Waals surface area contributed by atoms with Crippen LogP contribution in [-0.2, 0) is 19.7 Å². The zero-order valence-electron chi connectivity index (χ0n) is 14.9. The molecule has 0 spiro atoms. The first-order chi connectivity index (χ1) is 12.8. The number of hydrogen-bond donors (Lipinski definition) is 0. The van der Waals surface area contributed by atoms with E-state index in [1.807, 2.05) is 36.5 Å². The van der Waals surface area contributed by atoms with Gasteiger partial charge in [-0.1, -0.05) is 25.1 Å². The van der Waals surface area contributed by atoms with Crippen LogP contribution in [0.4, 0.5) is 0 Å². The third kappa shape index (κ3) is 5.67. The molecular weight excluding hydrogens is 322 g/mol. The van der Waals surface area contributed by atoms with Crippen LogP contribution in [-0.4, -0.2) is 21.4 Å². The van der Waals surface area contributed by atoms with Crippen molar-refractivity contribution in [3.05, 3.63) is 96.9 Å². The summed E-state index contributed by atoms with van der Waals surface area (Å²) in [5.74, 6) is 0.876. The highest BCUT2D eigenvalue weighted by molar-refractivity contribution is 5.27. The maximum absolute atomic E-state index is 5.84. The molecule has 133 valence electrons. The normalized spacial score (nSPS) is 10.8. The molecule has 3 aromatic rings. The average molecular weight is 346 g/mol. The molecule has 0 amide bonds. The van der Waals surface area contributed by atoms with Crippen LogP contribution in [0.5, 0.6) is 5.75 Å². The van der Waals surface area contributed by atoms with Crippen molar-refractivity contribution in [3.63, 3.8) is 0 Å². The maximum Gasteiger partial charge on any atom is 0.119 e. The lowest BCUT2D eigenvalue weighted by Gasteiger charge is -2.22. The van der Waals surface area contributed by atoms with Crippen molar-refractivity contribution in [3.8, 4) is 5.75 Å². The standard InChI is InChI=1S/C22H24N3O/c1-2-14-25(17-21-4-3-11-24-15-21)16-19-5-7-22(8-6-19)26-18-20-9-12-23-13-10-20/h3-13,15H,1-2,14,16-18H2. The predicted octanol–water partition coefficient (Wildman–Crippen LogP) is 4.28. The van der Waals surface area contributed by atoms with Gasteiger partial charge in [0.1, 0.15) is 12.4 Å². The lowest BCUT2D eigenvalue weighted by molar-refractivity contribution is 0.261. The molecule has 26 heavy (non-hydrogen) atoms. The summed E-state index contributed by atoms with van der Waals surface area (Å²) in [5.41, 5.74) is 3.60. The molecule has 2 aromatic heterocycles. The fourth-order valence-corrected chi connectivity index (χ4v) is 2.78. The number of rotatable bonds is 9. The van der Waals surface area contributed by atoms with E-state index in [0.717, 1.165) is 37.4 Å². The number of ether oxygens (including phenoxy) is 1. The summed E-state index contributed by atoms with van der Waals surface area (Å²) in [5, 5.41) is 0. The SMILES string of the molecule is [CH2]CCN(Cc1ccc(OCc2ccncc2)cc1)Cc1cccnc1. The topological polar surface area (TPSA) is 38.2 Å². The van der Waals surface area contributed by atoms with Crippen LogP contribution >= 0.6 is 0 Å². The van der Waals surface area contributed by atoms with Crippen LogP contribution in [0.15, 0.2) is 73.3 Å². The summed E-state index contributed by atoms with van der Waals surface area (Å²) in [6.45, 7) is 7.26. The van der Waals surface area contributed by atoms with Crippen LogP contribution in [0.25, 0.3) is 0 Å². The zero-order valence-corrected chi connectivity index (χ0v) is 14.9. The Morgan fingerprint density at radius 3 is 2.27 bits per heavy atom. The number of aromatic nitrogens is 2. The molecule has 0 aliphatic heterocycles. The van der Waals surface area contributed by atoms with Crippen LogP contribution in [0.1, 0.15) is 23.1 Å². The van der Waals surface area contributed by atoms with Gasteiger partial charge >= 0.3 is 0 Å². The zero-order chi connectivity index (χ0) is 18.0. The second-order valence-corrected chi connectivity index (χ2v) is 6.21. The summed E-state index contributed by atoms with van der Waals surface area (Å²) in [6, 6.07) is 16.3. The molecule has 3 rings (SSSR count). The maximum atomic E-state index is 5.84. The smallest absolute Gasteiger partial charge is 0.119 e. The Hall–Kier alpha value is -2.72. The van der Waals surface area contributed by atoms with Gasteiger partial charge in [0.25, 0.3) is 0 Å². The highest BCUT2D eigenvalue weighted by atomic mass is 16.5. The van der Waals surface area contributed by atoms with Gasteiger partial charge in [0, 0.05) is 37.9 Å². The summed E-state index contributed by atoms with van der Waals surface area (Å²) in [6.07, 6.45) is 8.17. The van der Waals surface area contributed by atoms with E-state index >= 15 is 0 Å². The van der Waals surface area contributed by atoms with Gasteiger partial charge in [-0.05, 0) is 60.0 Å². The van der Waals surface area contributed by atoms with Gasteiger partial charge in [0.2, 0.25) is 0 Å². The van der Waals surface area contributed by atoms with Gasteiger partial charge in [0.05, 0.1) is 0 Å². The van der Waals surface area contributed by atoms with Crippen molar-refractivity contribution in [1.29, 1.82) is 0 Å². The van der Waals surface area contributed by atoms with Crippen LogP contribution in [0.3, 0.4) is 0 Å². The monoisotopic (exact) mass is 346 g/mol. The second-order valence-electron chi connectivity index (χ2n) is 6.21. The first-order valence-electron chi connectivity index (χ1n) is 8.84. The van der Waals surface area contributed by atoms with E-state index in [4.69, 9.17) is 4.74 Å². The number of benzene rings is 1. The van der Waals surface area contributed by atoms with Crippen molar-refractivity contribution in [1.82, 2.24) is 14.9 Å². The van der Waals surface area contributed by atoms with E-state index in [2.05, 4.69) is 40.0 Å². The van der Waals surface area contributed by atoms with E-state index in [-0.39, 0.29) is 0 Å². The van der Waals surface area contributed by atoms with Crippen molar-refractivity contribution >= 4 is 0 Å². The summed E-state index contributed by atoms with van der Waals surface area (Å²) in [4.78, 5) is 10.6. The Morgan fingerprint density at radius 1 is 0.808 bits per heavy atom. The highest BCUT2D eigenvalue weighted by Crippen LogP contribution is 2.16. The third-order valence-electron chi connectivity index (χ3n) is 4.09. The Kier molecular flexibility index (Phi) is 6.73. The number of nitrogens with zero attached hydrogens (tertiary/aromatic N) is 3. The minimum Gasteiger partial charge on any atom is -0.489 e. The van der Waals surface area contributed by atoms with Crippen molar-refractivity contribution < 1.29 is 4.74 Å². The first kappa shape index (κ1) is 18.1. The molecular formula is C22H24N3O. The average Bonchev–Trinajstić information content (AvgIpc) is 2.69. The molecule has 0 aliphatic rings. The second kappa shape index (κ2) is 9.68. The molecule has 0 unspecified atom stereocenters. The van der Waals surface area contributed by atoms with Crippen molar-refractivity contribution in [2.45, 2.75) is 26.1 Å². The van der Waals surface area contributed by atoms with E-state index in [1.165, 1.54) is 11.1 Å². The van der Waals surface area contributed by atoms with Gasteiger partial charge in [-0.15, -0.1) is 0 Å². The molecule has 0 atom stereocenters. The minimum absolute atomic E-state index is 0.552. The molecule has 2 heterocycles. The van der Waals surface area contributed by atoms with Crippen LogP contribution in [0.2, 0.25) is 0 Å². The molecule has 0 saturated carbocycles. The molecule has 0 bridgehead atoms. The van der Waals surface area contributed by atoms with Crippen LogP contribution < -0.4 is 4.74 Å². The van der Waals surface area contributed by atoms with Crippen molar-refractivity contribution in [2.75, 3.05) is 6.54 Å². The highest BCUT2D eigenvalue weighted by Gasteiger charge is 2.07. The van der Waals surface area contributed by atoms with Gasteiger partial charge < -0.3 is 4.74 Å². The molecule has 0 N–H and O–H groups in total. The van der Waals surface area contributed by atoms with Crippen LogP contribution in [0, 0.1) is 6.92 Å². The van der Waals surface area contributed by atoms with E-state index < -0.39 is 0 Å². The van der Waals surface area contributed by atoms with Gasteiger partial charge in [-0.2, -0.15) is 0 Å². The van der Waals surface area contributed by atoms with E-state index in [1.54, 1.807) is 18.6 Å². The summed E-state index contributed by atoms with van der Waals surface area (Å²) >= 11 is 0. The summed E-state index contributed by atoms with van der Waals surface area (Å²) < 4.78 is 5.84. The van der Waals surface area contributed by atoms with Crippen molar-refractivity contribution in [2.24, 2.45) is 0 Å². The molecule has 4 heteroatoms. The Labute approximate surface area is 155 Å². The quantitative estimate of drug-likeness (QED) is 0.579. The molecule has 0 saturated heterocycles.